The summed E-state index contributed by atoms with van der Waals surface area (Å²) < 4.78 is 38.9. The third kappa shape index (κ3) is 5.22. The lowest BCUT2D eigenvalue weighted by Crippen LogP contribution is -2.51. The first-order valence-electron chi connectivity index (χ1n) is 9.63. The lowest BCUT2D eigenvalue weighted by Gasteiger charge is -2.36. The summed E-state index contributed by atoms with van der Waals surface area (Å²) in [6.07, 6.45) is 3.41. The molecule has 1 aromatic rings. The van der Waals surface area contributed by atoms with Crippen molar-refractivity contribution in [1.29, 1.82) is 0 Å². The molecule has 3 N–H and O–H groups in total. The van der Waals surface area contributed by atoms with Gasteiger partial charge in [-0.25, -0.2) is 13.1 Å². The normalized spacial score (nSPS) is 25.7. The molecule has 8 nitrogen and oxygen atoms in total. The molecular weight excluding hydrogens is 384 g/mol. The summed E-state index contributed by atoms with van der Waals surface area (Å²) in [5.74, 6) is 0.390. The van der Waals surface area contributed by atoms with Gasteiger partial charge >= 0.3 is 0 Å². The lowest BCUT2D eigenvalue weighted by atomic mass is 9.92. The number of hydrogen-bond donors (Lipinski definition) is 3. The zero-order valence-electron chi connectivity index (χ0n) is 16.0. The summed E-state index contributed by atoms with van der Waals surface area (Å²) in [6.45, 7) is -0.327. The van der Waals surface area contributed by atoms with Crippen LogP contribution in [0.5, 0.6) is 5.75 Å². The van der Waals surface area contributed by atoms with E-state index in [-0.39, 0.29) is 36.0 Å². The summed E-state index contributed by atoms with van der Waals surface area (Å²) >= 11 is 0. The number of ether oxygens (including phenoxy) is 2. The number of amides is 1. The summed E-state index contributed by atoms with van der Waals surface area (Å²) in [5, 5.41) is 12.6. The van der Waals surface area contributed by atoms with E-state index >= 15 is 0 Å². The van der Waals surface area contributed by atoms with Gasteiger partial charge in [-0.15, -0.1) is 0 Å². The summed E-state index contributed by atoms with van der Waals surface area (Å²) in [6, 6.07) is 5.90. The van der Waals surface area contributed by atoms with Crippen molar-refractivity contribution in [3.8, 4) is 5.75 Å². The van der Waals surface area contributed by atoms with Gasteiger partial charge < -0.3 is 19.9 Å². The van der Waals surface area contributed by atoms with Crippen molar-refractivity contribution in [2.45, 2.75) is 67.7 Å². The molecule has 1 heterocycles. The number of hydrogen-bond acceptors (Lipinski definition) is 6. The van der Waals surface area contributed by atoms with E-state index in [9.17, 15) is 18.3 Å². The minimum Gasteiger partial charge on any atom is -0.497 e. The summed E-state index contributed by atoms with van der Waals surface area (Å²) in [7, 11) is -2.32. The van der Waals surface area contributed by atoms with Gasteiger partial charge in [-0.1, -0.05) is 6.07 Å². The zero-order valence-corrected chi connectivity index (χ0v) is 16.8. The van der Waals surface area contributed by atoms with Crippen molar-refractivity contribution >= 4 is 15.9 Å². The van der Waals surface area contributed by atoms with Crippen molar-refractivity contribution in [3.63, 3.8) is 0 Å². The van der Waals surface area contributed by atoms with Gasteiger partial charge in [0.25, 0.3) is 0 Å². The van der Waals surface area contributed by atoms with Crippen LogP contribution in [0.25, 0.3) is 0 Å². The highest BCUT2D eigenvalue weighted by Crippen LogP contribution is 2.25. The zero-order chi connectivity index (χ0) is 20.1. The first-order chi connectivity index (χ1) is 13.4. The monoisotopic (exact) mass is 412 g/mol. The Labute approximate surface area is 165 Å². The fraction of sp³-hybridized carbons (Fsp3) is 0.632. The maximum atomic E-state index is 12.7. The highest BCUT2D eigenvalue weighted by atomic mass is 32.2. The first kappa shape index (κ1) is 21.0. The maximum Gasteiger partial charge on any atom is 0.241 e. The largest absolute Gasteiger partial charge is 0.497 e. The Morgan fingerprint density at radius 2 is 2.07 bits per heavy atom. The molecule has 0 unspecified atom stereocenters. The van der Waals surface area contributed by atoms with E-state index in [1.54, 1.807) is 12.1 Å². The van der Waals surface area contributed by atoms with Crippen LogP contribution in [0, 0.1) is 0 Å². The van der Waals surface area contributed by atoms with Gasteiger partial charge in [-0.05, 0) is 44.2 Å². The van der Waals surface area contributed by atoms with Gasteiger partial charge in [0.2, 0.25) is 15.9 Å². The van der Waals surface area contributed by atoms with Gasteiger partial charge in [0.05, 0.1) is 43.3 Å². The van der Waals surface area contributed by atoms with Crippen LogP contribution >= 0.6 is 0 Å². The molecule has 9 heteroatoms. The number of sulfonamides is 1. The first-order valence-corrected chi connectivity index (χ1v) is 11.1. The van der Waals surface area contributed by atoms with E-state index in [4.69, 9.17) is 9.47 Å². The second-order valence-corrected chi connectivity index (χ2v) is 9.08. The molecule has 0 aromatic heterocycles. The highest BCUT2D eigenvalue weighted by molar-refractivity contribution is 7.89. The number of nitrogens with one attached hydrogen (secondary N) is 2. The van der Waals surface area contributed by atoms with Gasteiger partial charge in [0, 0.05) is 12.1 Å². The predicted octanol–water partition coefficient (Wildman–Crippen LogP) is 0.941. The molecule has 1 aliphatic heterocycles. The number of methoxy groups -OCH3 is 1. The van der Waals surface area contributed by atoms with Crippen LogP contribution in [-0.4, -0.2) is 57.4 Å². The number of aliphatic hydroxyl groups is 1. The quantitative estimate of drug-likeness (QED) is 0.586. The molecule has 2 fully saturated rings. The van der Waals surface area contributed by atoms with Crippen molar-refractivity contribution in [2.75, 3.05) is 13.7 Å². The molecule has 1 saturated heterocycles. The van der Waals surface area contributed by atoms with Crippen LogP contribution in [0.15, 0.2) is 29.2 Å². The van der Waals surface area contributed by atoms with E-state index < -0.39 is 22.2 Å². The number of carbonyl (C=O) groups is 1. The minimum absolute atomic E-state index is 0.0539. The van der Waals surface area contributed by atoms with Crippen LogP contribution in [0.3, 0.4) is 0 Å². The Hall–Kier alpha value is -1.68. The molecule has 1 saturated carbocycles. The number of aliphatic hydroxyl groups excluding tert-OH is 1. The van der Waals surface area contributed by atoms with E-state index in [0.717, 1.165) is 19.3 Å². The van der Waals surface area contributed by atoms with E-state index in [0.29, 0.717) is 18.6 Å². The molecule has 156 valence electrons. The van der Waals surface area contributed by atoms with E-state index in [2.05, 4.69) is 10.0 Å². The van der Waals surface area contributed by atoms with Gasteiger partial charge in [-0.2, -0.15) is 0 Å². The minimum atomic E-state index is -3.79. The summed E-state index contributed by atoms with van der Waals surface area (Å²) in [4.78, 5) is 12.2. The van der Waals surface area contributed by atoms with Crippen molar-refractivity contribution in [2.24, 2.45) is 0 Å². The van der Waals surface area contributed by atoms with Crippen LogP contribution in [-0.2, 0) is 19.6 Å². The SMILES string of the molecule is COc1cccc(S(=O)(=O)N[C@@H]2CC[C@@H](CC(=O)NC3CCC3)O[C@H]2CO)c1. The van der Waals surface area contributed by atoms with Crippen LogP contribution in [0.2, 0.25) is 0 Å². The van der Waals surface area contributed by atoms with Gasteiger partial charge in [-0.3, -0.25) is 4.79 Å². The predicted molar refractivity (Wildman–Crippen MR) is 102 cm³/mol. The average molecular weight is 413 g/mol. The highest BCUT2D eigenvalue weighted by Gasteiger charge is 2.35. The Balaban J connectivity index is 1.58. The fourth-order valence-electron chi connectivity index (χ4n) is 3.50. The standard InChI is InChI=1S/C19H28N2O6S/c1-26-14-6-3-7-16(10-14)28(24,25)21-17-9-8-15(27-18(17)12-22)11-19(23)20-13-4-2-5-13/h3,6-7,10,13,15,17-18,21-22H,2,4-5,8-9,11-12H2,1H3,(H,20,23)/t15-,17+,18-/m0/s1. The Kier molecular flexibility index (Phi) is 6.92. The van der Waals surface area contributed by atoms with E-state index in [1.807, 2.05) is 0 Å². The Morgan fingerprint density at radius 3 is 2.71 bits per heavy atom. The smallest absolute Gasteiger partial charge is 0.241 e. The molecule has 0 spiro atoms. The second-order valence-electron chi connectivity index (χ2n) is 7.36. The molecular formula is C19H28N2O6S. The number of carbonyl (C=O) groups excluding carboxylic acids is 1. The molecule has 2 aliphatic rings. The summed E-state index contributed by atoms with van der Waals surface area (Å²) in [5.41, 5.74) is 0. The molecule has 0 radical (unpaired) electrons. The lowest BCUT2D eigenvalue weighted by molar-refractivity contribution is -0.131. The molecule has 3 rings (SSSR count). The third-order valence-corrected chi connectivity index (χ3v) is 6.82. The van der Waals surface area contributed by atoms with Crippen molar-refractivity contribution in [3.05, 3.63) is 24.3 Å². The van der Waals surface area contributed by atoms with Crippen LogP contribution in [0.4, 0.5) is 0 Å². The third-order valence-electron chi connectivity index (χ3n) is 5.34. The van der Waals surface area contributed by atoms with Crippen LogP contribution < -0.4 is 14.8 Å². The van der Waals surface area contributed by atoms with Gasteiger partial charge in [0.15, 0.2) is 0 Å². The second kappa shape index (κ2) is 9.21. The molecule has 1 aliphatic carbocycles. The van der Waals surface area contributed by atoms with Crippen molar-refractivity contribution in [1.82, 2.24) is 10.0 Å². The Morgan fingerprint density at radius 1 is 1.29 bits per heavy atom. The molecule has 0 bridgehead atoms. The van der Waals surface area contributed by atoms with Gasteiger partial charge in [0.1, 0.15) is 5.75 Å². The fourth-order valence-corrected chi connectivity index (χ4v) is 4.83. The van der Waals surface area contributed by atoms with Crippen LogP contribution in [0.1, 0.15) is 38.5 Å². The van der Waals surface area contributed by atoms with Crippen molar-refractivity contribution < 1.29 is 27.8 Å². The van der Waals surface area contributed by atoms with E-state index in [1.165, 1.54) is 19.2 Å². The average Bonchev–Trinajstić information content (AvgIpc) is 2.65. The number of benzene rings is 1. The maximum absolute atomic E-state index is 12.7. The molecule has 28 heavy (non-hydrogen) atoms. The molecule has 1 amide bonds. The molecule has 1 aromatic carbocycles. The molecule has 3 atom stereocenters. The topological polar surface area (TPSA) is 114 Å². The Bertz CT molecular complexity index is 780. The number of rotatable bonds is 8.